The van der Waals surface area contributed by atoms with E-state index in [1.807, 2.05) is 20.8 Å². The van der Waals surface area contributed by atoms with Crippen molar-refractivity contribution in [1.82, 2.24) is 10.0 Å². The lowest BCUT2D eigenvalue weighted by Crippen LogP contribution is -2.46. The standard InChI is InChI=1S/C14H25N3O3S2.ClH/c1-5-9(2)13(15)14(18)16-6-7-17-22(19,20)12-8-10(3)21-11(12)4;/h8-9,13,17H,5-7,15H2,1-4H3,(H,16,18);1H. The third-order valence-corrected chi connectivity index (χ3v) is 6.24. The SMILES string of the molecule is CCC(C)C(N)C(=O)NCCNS(=O)(=O)c1cc(C)sc1C.Cl. The Kier molecular flexibility index (Phi) is 9.30. The lowest BCUT2D eigenvalue weighted by atomic mass is 9.99. The number of amides is 1. The van der Waals surface area contributed by atoms with Gasteiger partial charge in [-0.2, -0.15) is 0 Å². The average Bonchev–Trinajstić information content (AvgIpc) is 2.81. The molecule has 0 aliphatic heterocycles. The highest BCUT2D eigenvalue weighted by Crippen LogP contribution is 2.24. The van der Waals surface area contributed by atoms with Crippen LogP contribution >= 0.6 is 23.7 Å². The number of rotatable bonds is 8. The molecule has 0 saturated heterocycles. The van der Waals surface area contributed by atoms with Crippen molar-refractivity contribution in [3.05, 3.63) is 15.8 Å². The summed E-state index contributed by atoms with van der Waals surface area (Å²) in [5, 5.41) is 2.65. The Balaban J connectivity index is 0.00000484. The molecule has 0 spiro atoms. The Morgan fingerprint density at radius 2 is 1.96 bits per heavy atom. The van der Waals surface area contributed by atoms with E-state index in [0.29, 0.717) is 4.90 Å². The molecule has 0 aromatic carbocycles. The summed E-state index contributed by atoms with van der Waals surface area (Å²) >= 11 is 1.44. The molecule has 2 unspecified atom stereocenters. The smallest absolute Gasteiger partial charge is 0.241 e. The molecule has 0 fully saturated rings. The average molecular weight is 384 g/mol. The van der Waals surface area contributed by atoms with Gasteiger partial charge in [-0.1, -0.05) is 20.3 Å². The first kappa shape index (κ1) is 22.3. The van der Waals surface area contributed by atoms with Gasteiger partial charge >= 0.3 is 0 Å². The number of hydrogen-bond acceptors (Lipinski definition) is 5. The van der Waals surface area contributed by atoms with Crippen molar-refractivity contribution in [2.24, 2.45) is 11.7 Å². The van der Waals surface area contributed by atoms with Gasteiger partial charge < -0.3 is 11.1 Å². The fourth-order valence-corrected chi connectivity index (χ4v) is 4.54. The summed E-state index contributed by atoms with van der Waals surface area (Å²) in [5.41, 5.74) is 5.80. The lowest BCUT2D eigenvalue weighted by Gasteiger charge is -2.17. The molecule has 6 nitrogen and oxygen atoms in total. The van der Waals surface area contributed by atoms with Crippen LogP contribution in [0.25, 0.3) is 0 Å². The minimum atomic E-state index is -3.53. The number of aryl methyl sites for hydroxylation is 2. The summed E-state index contributed by atoms with van der Waals surface area (Å²) in [6.45, 7) is 7.87. The van der Waals surface area contributed by atoms with Gasteiger partial charge in [0.2, 0.25) is 15.9 Å². The number of carbonyl (C=O) groups is 1. The molecule has 134 valence electrons. The van der Waals surface area contributed by atoms with Crippen LogP contribution in [-0.2, 0) is 14.8 Å². The quantitative estimate of drug-likeness (QED) is 0.593. The molecular formula is C14H26ClN3O3S2. The van der Waals surface area contributed by atoms with Crippen LogP contribution in [-0.4, -0.2) is 33.5 Å². The molecular weight excluding hydrogens is 358 g/mol. The summed E-state index contributed by atoms with van der Waals surface area (Å²) in [5.74, 6) is -0.163. The van der Waals surface area contributed by atoms with Crippen LogP contribution in [0.5, 0.6) is 0 Å². The molecule has 1 aromatic heterocycles. The second-order valence-corrected chi connectivity index (χ2v) is 8.57. The molecule has 1 amide bonds. The Bertz CT molecular complexity index is 617. The zero-order valence-corrected chi connectivity index (χ0v) is 16.3. The van der Waals surface area contributed by atoms with Gasteiger partial charge in [0.25, 0.3) is 0 Å². The highest BCUT2D eigenvalue weighted by atomic mass is 35.5. The first-order chi connectivity index (χ1) is 10.2. The van der Waals surface area contributed by atoms with E-state index >= 15 is 0 Å². The highest BCUT2D eigenvalue weighted by Gasteiger charge is 2.20. The summed E-state index contributed by atoms with van der Waals surface area (Å²) in [6.07, 6.45) is 0.817. The summed E-state index contributed by atoms with van der Waals surface area (Å²) in [4.78, 5) is 13.8. The maximum absolute atomic E-state index is 12.2. The van der Waals surface area contributed by atoms with Gasteiger partial charge in [-0.15, -0.1) is 23.7 Å². The zero-order valence-electron chi connectivity index (χ0n) is 13.9. The number of nitrogens with one attached hydrogen (secondary N) is 2. The van der Waals surface area contributed by atoms with E-state index in [0.717, 1.165) is 16.2 Å². The number of carbonyl (C=O) groups excluding carboxylic acids is 1. The van der Waals surface area contributed by atoms with Gasteiger partial charge in [-0.3, -0.25) is 4.79 Å². The third kappa shape index (κ3) is 6.39. The Hall–Kier alpha value is -0.670. The Labute approximate surface area is 148 Å². The van der Waals surface area contributed by atoms with Crippen molar-refractivity contribution in [1.29, 1.82) is 0 Å². The van der Waals surface area contributed by atoms with Gasteiger partial charge in [0, 0.05) is 22.8 Å². The molecule has 23 heavy (non-hydrogen) atoms. The van der Waals surface area contributed by atoms with Gasteiger partial charge in [0.15, 0.2) is 0 Å². The van der Waals surface area contributed by atoms with E-state index in [9.17, 15) is 13.2 Å². The van der Waals surface area contributed by atoms with Crippen LogP contribution < -0.4 is 15.8 Å². The van der Waals surface area contributed by atoms with Crippen LogP contribution in [0, 0.1) is 19.8 Å². The van der Waals surface area contributed by atoms with E-state index in [4.69, 9.17) is 5.73 Å². The van der Waals surface area contributed by atoms with Crippen LogP contribution in [0.15, 0.2) is 11.0 Å². The van der Waals surface area contributed by atoms with E-state index in [2.05, 4.69) is 10.0 Å². The zero-order chi connectivity index (χ0) is 16.9. The number of thiophene rings is 1. The van der Waals surface area contributed by atoms with E-state index in [1.54, 1.807) is 13.0 Å². The summed E-state index contributed by atoms with van der Waals surface area (Å²) in [7, 11) is -3.53. The fourth-order valence-electron chi connectivity index (χ4n) is 1.95. The predicted molar refractivity (Wildman–Crippen MR) is 96.7 cm³/mol. The van der Waals surface area contributed by atoms with Gasteiger partial charge in [-0.05, 0) is 25.8 Å². The van der Waals surface area contributed by atoms with Crippen molar-refractivity contribution in [3.8, 4) is 0 Å². The first-order valence-corrected chi connectivity index (χ1v) is 9.59. The van der Waals surface area contributed by atoms with Crippen molar-refractivity contribution in [2.45, 2.75) is 45.1 Å². The number of sulfonamides is 1. The molecule has 0 radical (unpaired) electrons. The predicted octanol–water partition coefficient (Wildman–Crippen LogP) is 1.55. The number of hydrogen-bond donors (Lipinski definition) is 3. The maximum atomic E-state index is 12.2. The van der Waals surface area contributed by atoms with Gasteiger partial charge in [0.05, 0.1) is 10.9 Å². The van der Waals surface area contributed by atoms with Gasteiger partial charge in [-0.25, -0.2) is 13.1 Å². The highest BCUT2D eigenvalue weighted by molar-refractivity contribution is 7.89. The second-order valence-electron chi connectivity index (χ2n) is 5.38. The van der Waals surface area contributed by atoms with E-state index in [1.165, 1.54) is 11.3 Å². The Morgan fingerprint density at radius 1 is 1.35 bits per heavy atom. The van der Waals surface area contributed by atoms with Crippen LogP contribution in [0.2, 0.25) is 0 Å². The molecule has 1 rings (SSSR count). The topological polar surface area (TPSA) is 101 Å². The monoisotopic (exact) mass is 383 g/mol. The molecule has 4 N–H and O–H groups in total. The minimum absolute atomic E-state index is 0. The van der Waals surface area contributed by atoms with Crippen LogP contribution in [0.4, 0.5) is 0 Å². The van der Waals surface area contributed by atoms with E-state index < -0.39 is 16.1 Å². The molecule has 0 aliphatic rings. The van der Waals surface area contributed by atoms with Gasteiger partial charge in [0.1, 0.15) is 0 Å². The van der Waals surface area contributed by atoms with Crippen molar-refractivity contribution in [3.63, 3.8) is 0 Å². The number of halogens is 1. The van der Waals surface area contributed by atoms with Crippen LogP contribution in [0.3, 0.4) is 0 Å². The van der Waals surface area contributed by atoms with Crippen molar-refractivity contribution < 1.29 is 13.2 Å². The molecule has 1 aromatic rings. The summed E-state index contributed by atoms with van der Waals surface area (Å²) in [6, 6.07) is 1.09. The summed E-state index contributed by atoms with van der Waals surface area (Å²) < 4.78 is 26.8. The maximum Gasteiger partial charge on any atom is 0.241 e. The molecule has 0 bridgehead atoms. The van der Waals surface area contributed by atoms with Crippen molar-refractivity contribution >= 4 is 39.7 Å². The fraction of sp³-hybridized carbons (Fsp3) is 0.643. The molecule has 2 atom stereocenters. The molecule has 0 aliphatic carbocycles. The normalized spacial score (nSPS) is 14.0. The van der Waals surface area contributed by atoms with E-state index in [-0.39, 0.29) is 37.3 Å². The lowest BCUT2D eigenvalue weighted by molar-refractivity contribution is -0.123. The third-order valence-electron chi connectivity index (χ3n) is 3.56. The van der Waals surface area contributed by atoms with Crippen LogP contribution in [0.1, 0.15) is 30.0 Å². The molecule has 9 heteroatoms. The minimum Gasteiger partial charge on any atom is -0.353 e. The molecule has 0 saturated carbocycles. The first-order valence-electron chi connectivity index (χ1n) is 7.29. The largest absolute Gasteiger partial charge is 0.353 e. The molecule has 1 heterocycles. The van der Waals surface area contributed by atoms with Crippen molar-refractivity contribution in [2.75, 3.05) is 13.1 Å². The Morgan fingerprint density at radius 3 is 2.43 bits per heavy atom. The number of nitrogens with two attached hydrogens (primary N) is 1. The second kappa shape index (κ2) is 9.58.